The maximum Gasteiger partial charge on any atom is 0.407 e. The summed E-state index contributed by atoms with van der Waals surface area (Å²) in [5.41, 5.74) is 4.72. The zero-order valence-electron chi connectivity index (χ0n) is 20.7. The van der Waals surface area contributed by atoms with E-state index in [-0.39, 0.29) is 18.6 Å². The summed E-state index contributed by atoms with van der Waals surface area (Å²) in [5.74, 6) is -0.192. The van der Waals surface area contributed by atoms with Gasteiger partial charge < -0.3 is 20.5 Å². The fourth-order valence-electron chi connectivity index (χ4n) is 4.69. The Morgan fingerprint density at radius 3 is 2.09 bits per heavy atom. The number of carboxylic acid groups (broad SMARTS) is 1. The van der Waals surface area contributed by atoms with Crippen molar-refractivity contribution in [2.45, 2.75) is 65.0 Å². The SMILES string of the molecule is CCC(C)CC(NC[C@@H](CC(C)C)NC(=O)OCC1c2ccccc2-c2ccccc21)C(=O)O. The van der Waals surface area contributed by atoms with Crippen LogP contribution in [0.2, 0.25) is 0 Å². The van der Waals surface area contributed by atoms with Crippen molar-refractivity contribution in [3.8, 4) is 11.1 Å². The van der Waals surface area contributed by atoms with Crippen LogP contribution in [0.25, 0.3) is 11.1 Å². The lowest BCUT2D eigenvalue weighted by Crippen LogP contribution is -2.48. The van der Waals surface area contributed by atoms with Crippen LogP contribution in [0.5, 0.6) is 0 Å². The first kappa shape index (κ1) is 25.8. The predicted octanol–water partition coefficient (Wildman–Crippen LogP) is 5.42. The third-order valence-electron chi connectivity index (χ3n) is 6.67. The number of aliphatic carboxylic acids is 1. The predicted molar refractivity (Wildman–Crippen MR) is 135 cm³/mol. The summed E-state index contributed by atoms with van der Waals surface area (Å²) in [4.78, 5) is 24.4. The number of ether oxygens (including phenoxy) is 1. The molecule has 2 unspecified atom stereocenters. The van der Waals surface area contributed by atoms with Gasteiger partial charge in [-0.2, -0.15) is 0 Å². The molecule has 0 spiro atoms. The minimum Gasteiger partial charge on any atom is -0.480 e. The number of amides is 1. The molecule has 1 aliphatic rings. The summed E-state index contributed by atoms with van der Waals surface area (Å²) in [6.07, 6.45) is 1.75. The second-order valence-corrected chi connectivity index (χ2v) is 9.84. The van der Waals surface area contributed by atoms with E-state index in [4.69, 9.17) is 4.74 Å². The molecule has 184 valence electrons. The van der Waals surface area contributed by atoms with Crippen molar-refractivity contribution in [3.63, 3.8) is 0 Å². The molecule has 1 aliphatic carbocycles. The Balaban J connectivity index is 1.60. The normalized spacial score (nSPS) is 15.3. The molecule has 3 N–H and O–H groups in total. The lowest BCUT2D eigenvalue weighted by Gasteiger charge is -2.24. The van der Waals surface area contributed by atoms with Gasteiger partial charge in [-0.3, -0.25) is 4.79 Å². The van der Waals surface area contributed by atoms with Crippen molar-refractivity contribution < 1.29 is 19.4 Å². The van der Waals surface area contributed by atoms with E-state index in [0.29, 0.717) is 24.8 Å². The zero-order valence-corrected chi connectivity index (χ0v) is 20.7. The number of carbonyl (C=O) groups is 2. The summed E-state index contributed by atoms with van der Waals surface area (Å²) in [7, 11) is 0. The highest BCUT2D eigenvalue weighted by molar-refractivity contribution is 5.79. The van der Waals surface area contributed by atoms with E-state index in [2.05, 4.69) is 62.6 Å². The Labute approximate surface area is 203 Å². The molecule has 0 fully saturated rings. The van der Waals surface area contributed by atoms with Gasteiger partial charge in [0.15, 0.2) is 0 Å². The third kappa shape index (κ3) is 6.60. The number of hydrogen-bond acceptors (Lipinski definition) is 4. The van der Waals surface area contributed by atoms with Crippen LogP contribution in [0.1, 0.15) is 64.0 Å². The number of benzene rings is 2. The van der Waals surface area contributed by atoms with Crippen molar-refractivity contribution in [1.29, 1.82) is 0 Å². The molecule has 6 nitrogen and oxygen atoms in total. The standard InChI is InChI=1S/C28H38N2O4/c1-5-19(4)15-26(27(31)32)29-16-20(14-18(2)3)30-28(33)34-17-25-23-12-8-6-10-21(23)22-11-7-9-13-24(22)25/h6-13,18-20,25-26,29H,5,14-17H2,1-4H3,(H,30,33)(H,31,32)/t19?,20-,26?/m1/s1. The molecular formula is C28H38N2O4. The molecule has 2 aromatic carbocycles. The van der Waals surface area contributed by atoms with Crippen LogP contribution < -0.4 is 10.6 Å². The maximum absolute atomic E-state index is 12.7. The van der Waals surface area contributed by atoms with Gasteiger partial charge in [0.25, 0.3) is 0 Å². The van der Waals surface area contributed by atoms with E-state index in [0.717, 1.165) is 12.8 Å². The van der Waals surface area contributed by atoms with Gasteiger partial charge in [0, 0.05) is 18.5 Å². The average molecular weight is 467 g/mol. The van der Waals surface area contributed by atoms with E-state index in [9.17, 15) is 14.7 Å². The van der Waals surface area contributed by atoms with Gasteiger partial charge in [-0.05, 0) is 46.9 Å². The number of carbonyl (C=O) groups excluding carboxylic acids is 1. The number of alkyl carbamates (subject to hydrolysis) is 1. The topological polar surface area (TPSA) is 87.7 Å². The number of carboxylic acids is 1. The highest BCUT2D eigenvalue weighted by atomic mass is 16.5. The molecule has 3 rings (SSSR count). The summed E-state index contributed by atoms with van der Waals surface area (Å²) >= 11 is 0. The lowest BCUT2D eigenvalue weighted by atomic mass is 9.98. The Kier molecular flexibility index (Phi) is 9.11. The maximum atomic E-state index is 12.7. The number of nitrogens with one attached hydrogen (secondary N) is 2. The van der Waals surface area contributed by atoms with E-state index in [1.165, 1.54) is 22.3 Å². The zero-order chi connectivity index (χ0) is 24.7. The van der Waals surface area contributed by atoms with Crippen LogP contribution in [-0.2, 0) is 9.53 Å². The van der Waals surface area contributed by atoms with Crippen LogP contribution in [0.3, 0.4) is 0 Å². The number of rotatable bonds is 12. The average Bonchev–Trinajstić information content (AvgIpc) is 3.13. The molecule has 0 aromatic heterocycles. The van der Waals surface area contributed by atoms with E-state index >= 15 is 0 Å². The lowest BCUT2D eigenvalue weighted by molar-refractivity contribution is -0.140. The van der Waals surface area contributed by atoms with Crippen molar-refractivity contribution in [2.24, 2.45) is 11.8 Å². The van der Waals surface area contributed by atoms with Crippen LogP contribution in [-0.4, -0.2) is 42.4 Å². The van der Waals surface area contributed by atoms with Crippen molar-refractivity contribution in [3.05, 3.63) is 59.7 Å². The van der Waals surface area contributed by atoms with Gasteiger partial charge in [-0.15, -0.1) is 0 Å². The number of hydrogen-bond donors (Lipinski definition) is 3. The van der Waals surface area contributed by atoms with Gasteiger partial charge >= 0.3 is 12.1 Å². The molecular weight excluding hydrogens is 428 g/mol. The van der Waals surface area contributed by atoms with Crippen LogP contribution >= 0.6 is 0 Å². The number of fused-ring (bicyclic) bond motifs is 3. The van der Waals surface area contributed by atoms with Crippen molar-refractivity contribution in [1.82, 2.24) is 10.6 Å². The third-order valence-corrected chi connectivity index (χ3v) is 6.67. The van der Waals surface area contributed by atoms with Crippen LogP contribution in [0, 0.1) is 11.8 Å². The first-order chi connectivity index (χ1) is 16.3. The van der Waals surface area contributed by atoms with Crippen LogP contribution in [0.4, 0.5) is 4.79 Å². The summed E-state index contributed by atoms with van der Waals surface area (Å²) in [5, 5.41) is 15.7. The van der Waals surface area contributed by atoms with Crippen molar-refractivity contribution >= 4 is 12.1 Å². The molecule has 0 heterocycles. The fourth-order valence-corrected chi connectivity index (χ4v) is 4.69. The van der Waals surface area contributed by atoms with Gasteiger partial charge in [-0.25, -0.2) is 4.79 Å². The van der Waals surface area contributed by atoms with Gasteiger partial charge in [0.1, 0.15) is 12.6 Å². The molecule has 3 atom stereocenters. The first-order valence-electron chi connectivity index (χ1n) is 12.4. The second kappa shape index (κ2) is 12.0. The molecule has 0 saturated heterocycles. The van der Waals surface area contributed by atoms with Crippen LogP contribution in [0.15, 0.2) is 48.5 Å². The molecule has 0 bridgehead atoms. The summed E-state index contributed by atoms with van der Waals surface area (Å²) in [6, 6.07) is 15.6. The molecule has 0 aliphatic heterocycles. The summed E-state index contributed by atoms with van der Waals surface area (Å²) < 4.78 is 5.69. The first-order valence-corrected chi connectivity index (χ1v) is 12.4. The Hall–Kier alpha value is -2.86. The highest BCUT2D eigenvalue weighted by Crippen LogP contribution is 2.44. The smallest absolute Gasteiger partial charge is 0.407 e. The molecule has 1 amide bonds. The Morgan fingerprint density at radius 2 is 1.56 bits per heavy atom. The minimum atomic E-state index is -0.857. The largest absolute Gasteiger partial charge is 0.480 e. The quantitative estimate of drug-likeness (QED) is 0.389. The van der Waals surface area contributed by atoms with Gasteiger partial charge in [0.05, 0.1) is 0 Å². The van der Waals surface area contributed by atoms with E-state index < -0.39 is 18.1 Å². The molecule has 34 heavy (non-hydrogen) atoms. The molecule has 6 heteroatoms. The monoisotopic (exact) mass is 466 g/mol. The van der Waals surface area contributed by atoms with Crippen molar-refractivity contribution in [2.75, 3.05) is 13.2 Å². The molecule has 0 radical (unpaired) electrons. The van der Waals surface area contributed by atoms with Gasteiger partial charge in [-0.1, -0.05) is 82.6 Å². The molecule has 0 saturated carbocycles. The summed E-state index contributed by atoms with van der Waals surface area (Å²) in [6.45, 7) is 8.92. The van der Waals surface area contributed by atoms with E-state index in [1.807, 2.05) is 24.3 Å². The molecule has 2 aromatic rings. The highest BCUT2D eigenvalue weighted by Gasteiger charge is 2.29. The second-order valence-electron chi connectivity index (χ2n) is 9.84. The Bertz CT molecular complexity index is 929. The minimum absolute atomic E-state index is 0.00625. The van der Waals surface area contributed by atoms with Gasteiger partial charge in [0.2, 0.25) is 0 Å². The Morgan fingerprint density at radius 1 is 0.971 bits per heavy atom. The fraction of sp³-hybridized carbons (Fsp3) is 0.500. The van der Waals surface area contributed by atoms with E-state index in [1.54, 1.807) is 0 Å².